The summed E-state index contributed by atoms with van der Waals surface area (Å²) in [6.45, 7) is 3.01. The molecule has 2 atom stereocenters. The summed E-state index contributed by atoms with van der Waals surface area (Å²) in [7, 11) is 1.61. The molecule has 0 amide bonds. The summed E-state index contributed by atoms with van der Waals surface area (Å²) in [5.74, 6) is 0.793. The summed E-state index contributed by atoms with van der Waals surface area (Å²) in [6.07, 6.45) is -0.319. The lowest BCUT2D eigenvalue weighted by Crippen LogP contribution is -2.26. The zero-order chi connectivity index (χ0) is 35.1. The lowest BCUT2D eigenvalue weighted by atomic mass is 9.98. The number of methoxy groups -OCH3 is 1. The van der Waals surface area contributed by atoms with E-state index in [1.165, 1.54) is 10.6 Å². The van der Waals surface area contributed by atoms with E-state index in [1.807, 2.05) is 55.5 Å². The Balaban J connectivity index is 1.43. The first-order valence-electron chi connectivity index (χ1n) is 16.0. The minimum Gasteiger partial charge on any atom is -0.497 e. The van der Waals surface area contributed by atoms with E-state index in [0.29, 0.717) is 60.2 Å². The van der Waals surface area contributed by atoms with Gasteiger partial charge in [-0.2, -0.15) is 18.2 Å². The second kappa shape index (κ2) is 15.4. The van der Waals surface area contributed by atoms with Crippen LogP contribution in [0.1, 0.15) is 54.5 Å². The Hall–Kier alpha value is -5.14. The molecule has 0 saturated heterocycles. The maximum absolute atomic E-state index is 13.8. The third-order valence-electron chi connectivity index (χ3n) is 8.20. The number of aromatic nitrogens is 3. The quantitative estimate of drug-likeness (QED) is 0.0597. The maximum atomic E-state index is 13.8. The molecule has 5 rings (SSSR count). The van der Waals surface area contributed by atoms with Gasteiger partial charge in [0, 0.05) is 29.9 Å². The minimum absolute atomic E-state index is 0.0336. The molecule has 0 unspecified atom stereocenters. The van der Waals surface area contributed by atoms with Crippen LogP contribution in [-0.2, 0) is 12.6 Å². The summed E-state index contributed by atoms with van der Waals surface area (Å²) in [4.78, 5) is 24.5. The van der Waals surface area contributed by atoms with Crippen molar-refractivity contribution in [2.45, 2.75) is 50.9 Å². The van der Waals surface area contributed by atoms with Crippen molar-refractivity contribution in [3.05, 3.63) is 112 Å². The van der Waals surface area contributed by atoms with Crippen molar-refractivity contribution in [2.75, 3.05) is 20.2 Å². The van der Waals surface area contributed by atoms with E-state index in [2.05, 4.69) is 20.3 Å². The van der Waals surface area contributed by atoms with Crippen molar-refractivity contribution in [3.8, 4) is 22.7 Å². The van der Waals surface area contributed by atoms with Crippen LogP contribution in [0.4, 0.5) is 13.2 Å². The number of aryl methyl sites for hydroxylation is 1. The number of halogens is 3. The van der Waals surface area contributed by atoms with Crippen LogP contribution >= 0.6 is 0 Å². The average molecular weight is 675 g/mol. The Labute approximate surface area is 282 Å². The van der Waals surface area contributed by atoms with Crippen LogP contribution < -0.4 is 32.9 Å². The van der Waals surface area contributed by atoms with Crippen LogP contribution in [0.25, 0.3) is 28.0 Å². The molecule has 0 bridgehead atoms. The molecular weight excluding hydrogens is 633 g/mol. The van der Waals surface area contributed by atoms with Crippen molar-refractivity contribution in [3.63, 3.8) is 0 Å². The van der Waals surface area contributed by atoms with E-state index in [4.69, 9.17) is 21.9 Å². The largest absolute Gasteiger partial charge is 0.497 e. The van der Waals surface area contributed by atoms with Gasteiger partial charge in [-0.05, 0) is 110 Å². The lowest BCUT2D eigenvalue weighted by Gasteiger charge is -2.20. The summed E-state index contributed by atoms with van der Waals surface area (Å²) < 4.78 is 48.2. The van der Waals surface area contributed by atoms with Gasteiger partial charge < -0.3 is 32.2 Å². The number of hydrogen-bond acceptors (Lipinski definition) is 6. The highest BCUT2D eigenvalue weighted by molar-refractivity contribution is 5.83. The van der Waals surface area contributed by atoms with Gasteiger partial charge in [0.2, 0.25) is 0 Å². The first-order valence-corrected chi connectivity index (χ1v) is 16.0. The van der Waals surface area contributed by atoms with Crippen LogP contribution in [0.2, 0.25) is 0 Å². The first-order chi connectivity index (χ1) is 23.4. The fourth-order valence-corrected chi connectivity index (χ4v) is 5.70. The number of H-pyrrole nitrogens is 1. The number of alkyl halides is 3. The Kier molecular flexibility index (Phi) is 11.0. The Morgan fingerprint density at radius 3 is 2.35 bits per heavy atom. The molecule has 0 aliphatic carbocycles. The molecule has 0 radical (unpaired) electrons. The molecule has 13 heteroatoms. The highest BCUT2D eigenvalue weighted by atomic mass is 19.4. The zero-order valence-electron chi connectivity index (χ0n) is 27.4. The summed E-state index contributed by atoms with van der Waals surface area (Å²) >= 11 is 0. The van der Waals surface area contributed by atoms with Crippen molar-refractivity contribution in [1.82, 2.24) is 19.9 Å². The van der Waals surface area contributed by atoms with Gasteiger partial charge in [0.25, 0.3) is 0 Å². The number of nitrogens with one attached hydrogen (secondary N) is 2. The molecule has 8 N–H and O–H groups in total. The van der Waals surface area contributed by atoms with Gasteiger partial charge >= 0.3 is 11.9 Å². The molecule has 2 aromatic heterocycles. The second-order valence-electron chi connectivity index (χ2n) is 12.1. The number of aliphatic imine (C=N–C) groups is 1. The Morgan fingerprint density at radius 2 is 1.71 bits per heavy atom. The fraction of sp³-hybridized carbons (Fsp3) is 0.306. The van der Waals surface area contributed by atoms with Gasteiger partial charge in [0.15, 0.2) is 5.96 Å². The van der Waals surface area contributed by atoms with Crippen LogP contribution in [0.15, 0.2) is 88.8 Å². The summed E-state index contributed by atoms with van der Waals surface area (Å²) in [5, 5.41) is 4.13. The topological polar surface area (TPSA) is 162 Å². The van der Waals surface area contributed by atoms with Crippen LogP contribution in [0.3, 0.4) is 0 Å². The van der Waals surface area contributed by atoms with Gasteiger partial charge in [-0.3, -0.25) is 9.56 Å². The van der Waals surface area contributed by atoms with Gasteiger partial charge in [-0.15, -0.1) is 0 Å². The monoisotopic (exact) mass is 674 g/mol. The molecule has 49 heavy (non-hydrogen) atoms. The predicted molar refractivity (Wildman–Crippen MR) is 187 cm³/mol. The molecule has 0 aliphatic heterocycles. The molecule has 0 spiro atoms. The van der Waals surface area contributed by atoms with E-state index in [0.717, 1.165) is 29.4 Å². The standard InChI is InChI=1S/C36H41F3N8O2/c1-22(40)5-3-6-23-17-26(19-28(18-23)36(37,38)39)31-20-27-21-47(35(48)46-33(27)45-31)29-11-7-24(8-12-29)32(43-15-4-16-44-34(41)42)25-9-13-30(49-2)14-10-25/h7-14,17-22,32,43H,3-6,15-16,40H2,1-2H3,(H4,41,42,44)(H,45,46,48)/t22-,32+/m0/s1. The SMILES string of the molecule is COc1ccc([C@H](NCCCN=C(N)N)c2ccc(-n3cc4cc(-c5cc(CCC[C@H](C)N)cc(C(F)(F)F)c5)[nH]c4nc3=O)cc2)cc1. The third kappa shape index (κ3) is 9.06. The highest BCUT2D eigenvalue weighted by Gasteiger charge is 2.31. The summed E-state index contributed by atoms with van der Waals surface area (Å²) in [6, 6.07) is 20.8. The van der Waals surface area contributed by atoms with Crippen LogP contribution in [0, 0.1) is 0 Å². The minimum atomic E-state index is -4.51. The zero-order valence-corrected chi connectivity index (χ0v) is 27.4. The number of guanidine groups is 1. The average Bonchev–Trinajstić information content (AvgIpc) is 3.48. The number of benzene rings is 3. The number of ether oxygens (including phenoxy) is 1. The van der Waals surface area contributed by atoms with Crippen molar-refractivity contribution < 1.29 is 17.9 Å². The molecule has 0 saturated carbocycles. The number of aromatic amines is 1. The van der Waals surface area contributed by atoms with Crippen molar-refractivity contribution in [1.29, 1.82) is 0 Å². The van der Waals surface area contributed by atoms with E-state index in [9.17, 15) is 18.0 Å². The number of rotatable bonds is 14. The van der Waals surface area contributed by atoms with Crippen molar-refractivity contribution in [2.24, 2.45) is 22.2 Å². The van der Waals surface area contributed by atoms with Gasteiger partial charge in [0.1, 0.15) is 11.4 Å². The van der Waals surface area contributed by atoms with E-state index in [1.54, 1.807) is 25.4 Å². The van der Waals surface area contributed by atoms with Crippen LogP contribution in [0.5, 0.6) is 5.75 Å². The molecule has 0 aliphatic rings. The number of fused-ring (bicyclic) bond motifs is 1. The van der Waals surface area contributed by atoms with Gasteiger partial charge in [-0.1, -0.05) is 24.3 Å². The van der Waals surface area contributed by atoms with E-state index >= 15 is 0 Å². The molecule has 10 nitrogen and oxygen atoms in total. The fourth-order valence-electron chi connectivity index (χ4n) is 5.70. The molecule has 2 heterocycles. The smallest absolute Gasteiger partial charge is 0.416 e. The van der Waals surface area contributed by atoms with E-state index < -0.39 is 17.4 Å². The van der Waals surface area contributed by atoms with Gasteiger partial charge in [0.05, 0.1) is 24.4 Å². The predicted octanol–water partition coefficient (Wildman–Crippen LogP) is 5.42. The van der Waals surface area contributed by atoms with E-state index in [-0.39, 0.29) is 23.7 Å². The number of nitrogens with two attached hydrogens (primary N) is 3. The first kappa shape index (κ1) is 35.2. The van der Waals surface area contributed by atoms with Crippen LogP contribution in [-0.4, -0.2) is 46.7 Å². The second-order valence-corrected chi connectivity index (χ2v) is 12.1. The molecular formula is C36H41F3N8O2. The normalized spacial score (nSPS) is 12.9. The summed E-state index contributed by atoms with van der Waals surface area (Å²) in [5.41, 5.74) is 19.7. The van der Waals surface area contributed by atoms with Crippen molar-refractivity contribution >= 4 is 17.0 Å². The number of nitrogens with zero attached hydrogens (tertiary/aromatic N) is 3. The molecule has 5 aromatic rings. The maximum Gasteiger partial charge on any atom is 0.416 e. The Bertz CT molecular complexity index is 1950. The molecule has 258 valence electrons. The Morgan fingerprint density at radius 1 is 1.02 bits per heavy atom. The molecule has 0 fully saturated rings. The van der Waals surface area contributed by atoms with Gasteiger partial charge in [-0.25, -0.2) is 4.79 Å². The third-order valence-corrected chi connectivity index (χ3v) is 8.20. The highest BCUT2D eigenvalue weighted by Crippen LogP contribution is 2.34. The number of hydrogen-bond donors (Lipinski definition) is 5. The molecule has 3 aromatic carbocycles. The lowest BCUT2D eigenvalue weighted by molar-refractivity contribution is -0.137.